The molecule has 1 amide bonds. The number of likely N-dealkylation sites (tertiary alicyclic amines) is 1. The van der Waals surface area contributed by atoms with Gasteiger partial charge in [0.2, 0.25) is 5.91 Å². The molecule has 0 saturated carbocycles. The van der Waals surface area contributed by atoms with Gasteiger partial charge in [0.15, 0.2) is 0 Å². The van der Waals surface area contributed by atoms with E-state index >= 15 is 0 Å². The summed E-state index contributed by atoms with van der Waals surface area (Å²) in [7, 11) is 1.90. The Hall–Kier alpha value is -2.17. The van der Waals surface area contributed by atoms with Gasteiger partial charge < -0.3 is 10.0 Å². The molecule has 0 aromatic heterocycles. The molecule has 1 N–H and O–H groups in total. The number of amides is 1. The van der Waals surface area contributed by atoms with E-state index in [-0.39, 0.29) is 18.1 Å². The van der Waals surface area contributed by atoms with Crippen molar-refractivity contribution >= 4 is 5.91 Å². The van der Waals surface area contributed by atoms with Crippen LogP contribution in [0.2, 0.25) is 0 Å². The number of carbonyl (C=O) groups excluding carboxylic acids is 1. The molecule has 0 spiro atoms. The number of aryl methyl sites for hydroxylation is 1. The van der Waals surface area contributed by atoms with Crippen LogP contribution in [0.4, 0.5) is 0 Å². The highest BCUT2D eigenvalue weighted by Crippen LogP contribution is 2.24. The average Bonchev–Trinajstić information content (AvgIpc) is 3.16. The van der Waals surface area contributed by atoms with Crippen LogP contribution in [0.1, 0.15) is 50.3 Å². The van der Waals surface area contributed by atoms with Crippen LogP contribution < -0.4 is 0 Å². The maximum absolute atomic E-state index is 12.8. The minimum absolute atomic E-state index is 0.00442. The van der Waals surface area contributed by atoms with Gasteiger partial charge in [-0.05, 0) is 24.0 Å². The average molecular weight is 397 g/mol. The van der Waals surface area contributed by atoms with Gasteiger partial charge in [0.05, 0.1) is 12.1 Å². The molecule has 29 heavy (non-hydrogen) atoms. The van der Waals surface area contributed by atoms with E-state index in [2.05, 4.69) is 43.0 Å². The summed E-state index contributed by atoms with van der Waals surface area (Å²) in [5.41, 5.74) is 2.33. The van der Waals surface area contributed by atoms with Crippen LogP contribution in [0.25, 0.3) is 0 Å². The number of β-amino-alcohol motifs (C(OH)–C–C–N with tert-alkyl or cyclic N) is 1. The van der Waals surface area contributed by atoms with Crippen LogP contribution in [0.15, 0.2) is 60.7 Å². The summed E-state index contributed by atoms with van der Waals surface area (Å²) >= 11 is 0. The first kappa shape index (κ1) is 23.1. The first-order valence-corrected chi connectivity index (χ1v) is 10.8. The number of hydrogen-bond donors (Lipinski definition) is 1. The number of rotatable bonds is 7. The molecule has 0 aliphatic carbocycles. The Morgan fingerprint density at radius 3 is 2.24 bits per heavy atom. The Morgan fingerprint density at radius 2 is 1.69 bits per heavy atom. The third-order valence-corrected chi connectivity index (χ3v) is 5.19. The van der Waals surface area contributed by atoms with Gasteiger partial charge >= 0.3 is 0 Å². The predicted octanol–water partition coefficient (Wildman–Crippen LogP) is 4.30. The molecule has 1 aliphatic heterocycles. The lowest BCUT2D eigenvalue weighted by Gasteiger charge is -2.32. The molecule has 0 unspecified atom stereocenters. The molecule has 4 heteroatoms. The fourth-order valence-corrected chi connectivity index (χ4v) is 3.60. The number of benzene rings is 2. The lowest BCUT2D eigenvalue weighted by atomic mass is 10.0. The van der Waals surface area contributed by atoms with Crippen LogP contribution in [0.3, 0.4) is 0 Å². The minimum Gasteiger partial charge on any atom is -0.392 e. The summed E-state index contributed by atoms with van der Waals surface area (Å²) in [4.78, 5) is 17.0. The highest BCUT2D eigenvalue weighted by Gasteiger charge is 2.27. The Labute approximate surface area is 176 Å². The van der Waals surface area contributed by atoms with Crippen LogP contribution in [0.5, 0.6) is 0 Å². The monoisotopic (exact) mass is 396 g/mol. The van der Waals surface area contributed by atoms with Gasteiger partial charge in [-0.25, -0.2) is 0 Å². The third kappa shape index (κ3) is 7.64. The highest BCUT2D eigenvalue weighted by atomic mass is 16.3. The molecule has 158 valence electrons. The molecule has 1 saturated heterocycles. The van der Waals surface area contributed by atoms with Crippen molar-refractivity contribution in [1.29, 1.82) is 0 Å². The lowest BCUT2D eigenvalue weighted by molar-refractivity contribution is -0.132. The number of hydrogen-bond acceptors (Lipinski definition) is 3. The van der Waals surface area contributed by atoms with Gasteiger partial charge in [0, 0.05) is 33.1 Å². The van der Waals surface area contributed by atoms with Gasteiger partial charge in [0.25, 0.3) is 0 Å². The topological polar surface area (TPSA) is 43.8 Å². The molecule has 1 heterocycles. The van der Waals surface area contributed by atoms with Crippen molar-refractivity contribution < 1.29 is 9.90 Å². The fourth-order valence-electron chi connectivity index (χ4n) is 3.60. The van der Waals surface area contributed by atoms with E-state index in [4.69, 9.17) is 0 Å². The standard InChI is InChI=1S/C22H28N2O2.C3H8/c1-23(22(26)13-12-18-8-4-2-5-9-18)21(19-10-6-3-7-11-19)17-24-15-14-20(25)16-24;1-3-2/h2-11,20-21,25H,12-17H2,1H3;3H2,1-2H3/t20-,21+;/m0./s1. The first-order chi connectivity index (χ1) is 14.0. The van der Waals surface area contributed by atoms with Crippen LogP contribution >= 0.6 is 0 Å². The largest absolute Gasteiger partial charge is 0.392 e. The van der Waals surface area contributed by atoms with Gasteiger partial charge in [-0.2, -0.15) is 0 Å². The summed E-state index contributed by atoms with van der Waals surface area (Å²) in [6, 6.07) is 20.3. The van der Waals surface area contributed by atoms with Crippen LogP contribution in [-0.2, 0) is 11.2 Å². The molecule has 0 radical (unpaired) electrons. The van der Waals surface area contributed by atoms with Crippen molar-refractivity contribution in [3.63, 3.8) is 0 Å². The highest BCUT2D eigenvalue weighted by molar-refractivity contribution is 5.76. The molecule has 1 aliphatic rings. The summed E-state index contributed by atoms with van der Waals surface area (Å²) in [6.07, 6.45) is 3.08. The Kier molecular flexibility index (Phi) is 9.89. The second-order valence-corrected chi connectivity index (χ2v) is 7.83. The number of likely N-dealkylation sites (N-methyl/N-ethyl adjacent to an activating group) is 1. The number of nitrogens with zero attached hydrogens (tertiary/aromatic N) is 2. The molecular weight excluding hydrogens is 360 g/mol. The van der Waals surface area contributed by atoms with Gasteiger partial charge in [-0.3, -0.25) is 9.69 Å². The Bertz CT molecular complexity index is 705. The molecule has 0 bridgehead atoms. The SMILES string of the molecule is CCC.CN(C(=O)CCc1ccccc1)[C@H](CN1CC[C@H](O)C1)c1ccccc1. The summed E-state index contributed by atoms with van der Waals surface area (Å²) in [6.45, 7) is 6.58. The summed E-state index contributed by atoms with van der Waals surface area (Å²) < 4.78 is 0. The maximum Gasteiger partial charge on any atom is 0.223 e. The van der Waals surface area contributed by atoms with Crippen molar-refractivity contribution in [3.8, 4) is 0 Å². The molecule has 4 nitrogen and oxygen atoms in total. The minimum atomic E-state index is -0.245. The van der Waals surface area contributed by atoms with E-state index in [0.29, 0.717) is 13.0 Å². The van der Waals surface area contributed by atoms with Crippen LogP contribution in [-0.4, -0.2) is 53.6 Å². The molecular formula is C25H36N2O2. The predicted molar refractivity (Wildman–Crippen MR) is 120 cm³/mol. The molecule has 2 aromatic rings. The van der Waals surface area contributed by atoms with Crippen molar-refractivity contribution in [3.05, 3.63) is 71.8 Å². The Morgan fingerprint density at radius 1 is 1.10 bits per heavy atom. The van der Waals surface area contributed by atoms with Gasteiger partial charge in [-0.15, -0.1) is 0 Å². The van der Waals surface area contributed by atoms with E-state index in [0.717, 1.165) is 31.5 Å². The second kappa shape index (κ2) is 12.4. The molecule has 2 aromatic carbocycles. The smallest absolute Gasteiger partial charge is 0.223 e. The zero-order valence-electron chi connectivity index (χ0n) is 18.1. The van der Waals surface area contributed by atoms with Crippen LogP contribution in [0, 0.1) is 0 Å². The molecule has 2 atom stereocenters. The Balaban J connectivity index is 0.000000941. The van der Waals surface area contributed by atoms with E-state index in [9.17, 15) is 9.90 Å². The van der Waals surface area contributed by atoms with Gasteiger partial charge in [-0.1, -0.05) is 80.9 Å². The summed E-state index contributed by atoms with van der Waals surface area (Å²) in [5.74, 6) is 0.155. The number of aliphatic hydroxyl groups is 1. The second-order valence-electron chi connectivity index (χ2n) is 7.83. The fraction of sp³-hybridized carbons (Fsp3) is 0.480. The maximum atomic E-state index is 12.8. The lowest BCUT2D eigenvalue weighted by Crippen LogP contribution is -2.39. The van der Waals surface area contributed by atoms with Crippen molar-refractivity contribution in [2.45, 2.75) is 51.7 Å². The molecule has 1 fully saturated rings. The number of carbonyl (C=O) groups is 1. The van der Waals surface area contributed by atoms with E-state index in [1.165, 1.54) is 12.0 Å². The van der Waals surface area contributed by atoms with Gasteiger partial charge in [0.1, 0.15) is 0 Å². The quantitative estimate of drug-likeness (QED) is 0.759. The first-order valence-electron chi connectivity index (χ1n) is 10.8. The normalized spacial score (nSPS) is 17.3. The zero-order valence-corrected chi connectivity index (χ0v) is 18.1. The summed E-state index contributed by atoms with van der Waals surface area (Å²) in [5, 5.41) is 9.82. The van der Waals surface area contributed by atoms with Crippen molar-refractivity contribution in [2.75, 3.05) is 26.7 Å². The van der Waals surface area contributed by atoms with E-state index in [1.807, 2.05) is 48.3 Å². The number of aliphatic hydroxyl groups excluding tert-OH is 1. The van der Waals surface area contributed by atoms with Crippen molar-refractivity contribution in [1.82, 2.24) is 9.80 Å². The molecule has 3 rings (SSSR count). The van der Waals surface area contributed by atoms with E-state index < -0.39 is 0 Å². The van der Waals surface area contributed by atoms with E-state index in [1.54, 1.807) is 0 Å². The van der Waals surface area contributed by atoms with Crippen molar-refractivity contribution in [2.24, 2.45) is 0 Å². The zero-order chi connectivity index (χ0) is 21.1. The third-order valence-electron chi connectivity index (χ3n) is 5.19.